The Labute approximate surface area is 136 Å². The molecule has 2 amide bonds. The van der Waals surface area contributed by atoms with Crippen molar-refractivity contribution < 1.29 is 23.1 Å². The highest BCUT2D eigenvalue weighted by Crippen LogP contribution is 2.50. The number of fused-ring (bicyclic) bond motifs is 1. The van der Waals surface area contributed by atoms with Crippen LogP contribution in [0.3, 0.4) is 0 Å². The first-order chi connectivity index (χ1) is 10.7. The highest BCUT2D eigenvalue weighted by Gasteiger charge is 2.49. The van der Waals surface area contributed by atoms with Gasteiger partial charge in [0.2, 0.25) is 0 Å². The molecule has 1 heterocycles. The number of hydrogen-bond donors (Lipinski definition) is 2. The Morgan fingerprint density at radius 1 is 1.35 bits per heavy atom. The van der Waals surface area contributed by atoms with Crippen LogP contribution >= 0.6 is 11.6 Å². The van der Waals surface area contributed by atoms with Crippen LogP contribution in [0.4, 0.5) is 18.0 Å². The zero-order valence-corrected chi connectivity index (χ0v) is 12.8. The fourth-order valence-electron chi connectivity index (χ4n) is 3.92. The molecule has 4 nitrogen and oxygen atoms in total. The van der Waals surface area contributed by atoms with Gasteiger partial charge in [0.1, 0.15) is 0 Å². The van der Waals surface area contributed by atoms with Crippen LogP contribution in [-0.4, -0.2) is 28.7 Å². The maximum Gasteiger partial charge on any atom is 0.417 e. The number of likely N-dealkylation sites (tertiary alicyclic amines) is 1. The van der Waals surface area contributed by atoms with Gasteiger partial charge in [-0.2, -0.15) is 13.2 Å². The molecule has 126 valence electrons. The summed E-state index contributed by atoms with van der Waals surface area (Å²) in [5.74, 6) is -0.0488. The molecule has 1 aliphatic heterocycles. The molecule has 1 aliphatic carbocycles. The fraction of sp³-hybridized carbons (Fsp3) is 0.533. The summed E-state index contributed by atoms with van der Waals surface area (Å²) >= 11 is 5.66. The van der Waals surface area contributed by atoms with Crippen LogP contribution in [0.2, 0.25) is 5.02 Å². The predicted octanol–water partition coefficient (Wildman–Crippen LogP) is 3.18. The number of aliphatic hydroxyl groups is 1. The summed E-state index contributed by atoms with van der Waals surface area (Å²) in [5, 5.41) is 9.44. The van der Waals surface area contributed by atoms with Crippen LogP contribution < -0.4 is 5.73 Å². The third-order valence-corrected chi connectivity index (χ3v) is 5.15. The topological polar surface area (TPSA) is 66.6 Å². The number of halogens is 4. The number of nitrogens with zero attached hydrogens (tertiary/aromatic N) is 1. The number of primary amides is 1. The van der Waals surface area contributed by atoms with Crippen molar-refractivity contribution in [3.05, 3.63) is 34.3 Å². The number of benzene rings is 1. The van der Waals surface area contributed by atoms with Crippen LogP contribution in [0.5, 0.6) is 0 Å². The van der Waals surface area contributed by atoms with Crippen LogP contribution in [0, 0.1) is 11.8 Å². The van der Waals surface area contributed by atoms with Crippen molar-refractivity contribution >= 4 is 17.6 Å². The molecule has 1 saturated heterocycles. The van der Waals surface area contributed by atoms with Crippen molar-refractivity contribution in [2.75, 3.05) is 6.54 Å². The molecule has 1 saturated carbocycles. The van der Waals surface area contributed by atoms with Crippen molar-refractivity contribution in [3.63, 3.8) is 0 Å². The van der Waals surface area contributed by atoms with Gasteiger partial charge in [-0.1, -0.05) is 17.7 Å². The number of carbonyl (C=O) groups is 1. The maximum absolute atomic E-state index is 13.1. The number of nitrogens with two attached hydrogens (primary N) is 1. The maximum atomic E-state index is 13.1. The van der Waals surface area contributed by atoms with Gasteiger partial charge in [-0.3, -0.25) is 0 Å². The number of hydrogen-bond acceptors (Lipinski definition) is 2. The standard InChI is InChI=1S/C15H16ClF3N2O2/c16-12-2-1-7(4-11(12)15(17,18)19)13-10-5-9(22)3-8(10)6-21(13)14(20)23/h1-2,4,8-10,13,22H,3,5-6H2,(H2,20,23). The third kappa shape index (κ3) is 2.87. The van der Waals surface area contributed by atoms with Gasteiger partial charge in [0.25, 0.3) is 0 Å². The zero-order chi connectivity index (χ0) is 16.9. The van der Waals surface area contributed by atoms with Crippen LogP contribution in [0.1, 0.15) is 30.0 Å². The van der Waals surface area contributed by atoms with Gasteiger partial charge in [-0.25, -0.2) is 4.79 Å². The van der Waals surface area contributed by atoms with Gasteiger partial charge < -0.3 is 15.7 Å². The molecular weight excluding hydrogens is 333 g/mol. The molecule has 0 radical (unpaired) electrons. The Morgan fingerprint density at radius 3 is 2.65 bits per heavy atom. The largest absolute Gasteiger partial charge is 0.417 e. The molecule has 2 aliphatic rings. The highest BCUT2D eigenvalue weighted by molar-refractivity contribution is 6.31. The first-order valence-corrected chi connectivity index (χ1v) is 7.67. The number of carbonyl (C=O) groups excluding carboxylic acids is 1. The van der Waals surface area contributed by atoms with E-state index in [2.05, 4.69) is 0 Å². The molecule has 23 heavy (non-hydrogen) atoms. The van der Waals surface area contributed by atoms with Crippen molar-refractivity contribution in [3.8, 4) is 0 Å². The van der Waals surface area contributed by atoms with E-state index in [0.717, 1.165) is 6.07 Å². The Bertz CT molecular complexity index is 638. The summed E-state index contributed by atoms with van der Waals surface area (Å²) in [6.45, 7) is 0.353. The molecule has 4 unspecified atom stereocenters. The van der Waals surface area contributed by atoms with E-state index < -0.39 is 29.9 Å². The van der Waals surface area contributed by atoms with Crippen molar-refractivity contribution in [1.82, 2.24) is 4.90 Å². The second-order valence-corrected chi connectivity index (χ2v) is 6.63. The van der Waals surface area contributed by atoms with E-state index in [1.165, 1.54) is 17.0 Å². The van der Waals surface area contributed by atoms with E-state index in [9.17, 15) is 23.1 Å². The lowest BCUT2D eigenvalue weighted by molar-refractivity contribution is -0.137. The molecule has 4 atom stereocenters. The average Bonchev–Trinajstić information content (AvgIpc) is 2.94. The molecular formula is C15H16ClF3N2O2. The number of alkyl halides is 3. The quantitative estimate of drug-likeness (QED) is 0.818. The lowest BCUT2D eigenvalue weighted by atomic mass is 9.88. The number of aliphatic hydroxyl groups excluding tert-OH is 1. The third-order valence-electron chi connectivity index (χ3n) is 4.82. The lowest BCUT2D eigenvalue weighted by Gasteiger charge is -2.28. The molecule has 0 spiro atoms. The van der Waals surface area contributed by atoms with Gasteiger partial charge in [-0.15, -0.1) is 0 Å². The summed E-state index contributed by atoms with van der Waals surface area (Å²) < 4.78 is 39.2. The minimum atomic E-state index is -4.57. The lowest BCUT2D eigenvalue weighted by Crippen LogP contribution is -2.37. The SMILES string of the molecule is NC(=O)N1CC2CC(O)CC2C1c1ccc(Cl)c(C(F)(F)F)c1. The summed E-state index contributed by atoms with van der Waals surface area (Å²) in [7, 11) is 0. The first-order valence-electron chi connectivity index (χ1n) is 7.29. The second-order valence-electron chi connectivity index (χ2n) is 6.22. The summed E-state index contributed by atoms with van der Waals surface area (Å²) in [6, 6.07) is 2.44. The molecule has 8 heteroatoms. The smallest absolute Gasteiger partial charge is 0.393 e. The van der Waals surface area contributed by atoms with Gasteiger partial charge >= 0.3 is 12.2 Å². The molecule has 1 aromatic carbocycles. The van der Waals surface area contributed by atoms with Crippen LogP contribution in [-0.2, 0) is 6.18 Å². The number of amides is 2. The van der Waals surface area contributed by atoms with Crippen molar-refractivity contribution in [2.24, 2.45) is 17.6 Å². The Morgan fingerprint density at radius 2 is 2.04 bits per heavy atom. The molecule has 2 fully saturated rings. The molecule has 3 rings (SSSR count). The summed E-state index contributed by atoms with van der Waals surface area (Å²) in [6.07, 6.45) is -4.08. The molecule has 0 aromatic heterocycles. The zero-order valence-electron chi connectivity index (χ0n) is 12.1. The normalized spacial score (nSPS) is 30.6. The molecule has 0 bridgehead atoms. The van der Waals surface area contributed by atoms with Gasteiger partial charge in [-0.05, 0) is 42.4 Å². The Kier molecular flexibility index (Phi) is 3.96. The minimum Gasteiger partial charge on any atom is -0.393 e. The van der Waals surface area contributed by atoms with Crippen molar-refractivity contribution in [2.45, 2.75) is 31.2 Å². The highest BCUT2D eigenvalue weighted by atomic mass is 35.5. The fourth-order valence-corrected chi connectivity index (χ4v) is 4.14. The summed E-state index contributed by atoms with van der Waals surface area (Å²) in [5.41, 5.74) is 4.81. The van der Waals surface area contributed by atoms with Crippen LogP contribution in [0.15, 0.2) is 18.2 Å². The summed E-state index contributed by atoms with van der Waals surface area (Å²) in [4.78, 5) is 13.1. The Balaban J connectivity index is 2.02. The van der Waals surface area contributed by atoms with Gasteiger partial charge in [0.05, 0.1) is 22.7 Å². The van der Waals surface area contributed by atoms with Crippen molar-refractivity contribution in [1.29, 1.82) is 0 Å². The molecule has 3 N–H and O–H groups in total. The van der Waals surface area contributed by atoms with Gasteiger partial charge in [0, 0.05) is 6.54 Å². The average molecular weight is 349 g/mol. The van der Waals surface area contributed by atoms with E-state index in [-0.39, 0.29) is 16.9 Å². The van der Waals surface area contributed by atoms with E-state index in [0.29, 0.717) is 24.9 Å². The monoisotopic (exact) mass is 348 g/mol. The second kappa shape index (κ2) is 5.56. The van der Waals surface area contributed by atoms with E-state index in [1.807, 2.05) is 0 Å². The van der Waals surface area contributed by atoms with Crippen LogP contribution in [0.25, 0.3) is 0 Å². The van der Waals surface area contributed by atoms with E-state index >= 15 is 0 Å². The first kappa shape index (κ1) is 16.4. The number of rotatable bonds is 1. The van der Waals surface area contributed by atoms with E-state index in [1.54, 1.807) is 0 Å². The molecule has 1 aromatic rings. The predicted molar refractivity (Wildman–Crippen MR) is 77.7 cm³/mol. The minimum absolute atomic E-state index is 0.0486. The van der Waals surface area contributed by atoms with E-state index in [4.69, 9.17) is 17.3 Å². The Hall–Kier alpha value is -1.47. The number of urea groups is 1. The van der Waals surface area contributed by atoms with Gasteiger partial charge in [0.15, 0.2) is 0 Å².